The van der Waals surface area contributed by atoms with Gasteiger partial charge < -0.3 is 9.84 Å². The summed E-state index contributed by atoms with van der Waals surface area (Å²) in [5.74, 6) is -0.846. The van der Waals surface area contributed by atoms with Gasteiger partial charge in [0.05, 0.1) is 17.8 Å². The highest BCUT2D eigenvalue weighted by Crippen LogP contribution is 2.31. The van der Waals surface area contributed by atoms with E-state index in [1.807, 2.05) is 6.92 Å². The van der Waals surface area contributed by atoms with Gasteiger partial charge in [0.25, 0.3) is 15.9 Å². The van der Waals surface area contributed by atoms with Gasteiger partial charge in [-0.2, -0.15) is 0 Å². The molecule has 1 aromatic carbocycles. The summed E-state index contributed by atoms with van der Waals surface area (Å²) in [6, 6.07) is 6.43. The molecule has 0 unspecified atom stereocenters. The number of amides is 2. The molecule has 0 saturated heterocycles. The number of aromatic nitrogens is 1. The van der Waals surface area contributed by atoms with Crippen LogP contribution in [0.4, 0.5) is 0 Å². The Morgan fingerprint density at radius 3 is 2.72 bits per heavy atom. The van der Waals surface area contributed by atoms with Crippen molar-refractivity contribution in [2.45, 2.75) is 37.8 Å². The number of nitrogens with one attached hydrogen (secondary N) is 1. The number of benzene rings is 1. The molecule has 2 heterocycles. The highest BCUT2D eigenvalue weighted by atomic mass is 32.2. The molecule has 0 saturated carbocycles. The van der Waals surface area contributed by atoms with Crippen molar-refractivity contribution in [1.29, 1.82) is 0 Å². The van der Waals surface area contributed by atoms with Gasteiger partial charge in [0.15, 0.2) is 5.76 Å². The Morgan fingerprint density at radius 2 is 2.08 bits per heavy atom. The fraction of sp³-hybridized carbons (Fsp3) is 0.312. The van der Waals surface area contributed by atoms with E-state index in [9.17, 15) is 18.0 Å². The van der Waals surface area contributed by atoms with Crippen LogP contribution in [-0.2, 0) is 27.8 Å². The third-order valence-corrected chi connectivity index (χ3v) is 5.90. The van der Waals surface area contributed by atoms with Crippen molar-refractivity contribution >= 4 is 21.8 Å². The summed E-state index contributed by atoms with van der Waals surface area (Å²) in [5.41, 5.74) is 0.829. The highest BCUT2D eigenvalue weighted by Gasteiger charge is 2.45. The van der Waals surface area contributed by atoms with Crippen LogP contribution < -0.4 is 5.32 Å². The van der Waals surface area contributed by atoms with Crippen LogP contribution >= 0.6 is 0 Å². The molecule has 25 heavy (non-hydrogen) atoms. The molecule has 0 fully saturated rings. The van der Waals surface area contributed by atoms with Crippen LogP contribution in [0.2, 0.25) is 0 Å². The summed E-state index contributed by atoms with van der Waals surface area (Å²) in [6.45, 7) is 3.35. The van der Waals surface area contributed by atoms with Crippen molar-refractivity contribution in [2.75, 3.05) is 0 Å². The molecular formula is C16H17N3O5S. The van der Waals surface area contributed by atoms with Gasteiger partial charge in [-0.05, 0) is 25.5 Å². The molecule has 2 amide bonds. The number of sulfonamides is 1. The Bertz CT molecular complexity index is 935. The topological polar surface area (TPSA) is 110 Å². The first-order valence-electron chi connectivity index (χ1n) is 7.76. The van der Waals surface area contributed by atoms with Gasteiger partial charge in [0.1, 0.15) is 10.9 Å². The Labute approximate surface area is 144 Å². The first kappa shape index (κ1) is 17.2. The number of nitrogens with zero attached hydrogens (tertiary/aromatic N) is 2. The molecule has 1 atom stereocenters. The molecule has 0 bridgehead atoms. The molecular weight excluding hydrogens is 346 g/mol. The zero-order chi connectivity index (χ0) is 18.2. The monoisotopic (exact) mass is 363 g/mol. The van der Waals surface area contributed by atoms with Crippen LogP contribution in [0, 0.1) is 0 Å². The van der Waals surface area contributed by atoms with E-state index in [4.69, 9.17) is 4.52 Å². The molecule has 2 aromatic rings. The van der Waals surface area contributed by atoms with E-state index < -0.39 is 27.9 Å². The van der Waals surface area contributed by atoms with Crippen molar-refractivity contribution in [1.82, 2.24) is 14.8 Å². The molecule has 0 spiro atoms. The summed E-state index contributed by atoms with van der Waals surface area (Å²) in [5, 5.41) is 6.38. The van der Waals surface area contributed by atoms with E-state index in [-0.39, 0.29) is 17.0 Å². The maximum Gasteiger partial charge on any atom is 0.269 e. The molecule has 1 aliphatic heterocycles. The molecule has 3 rings (SSSR count). The Kier molecular flexibility index (Phi) is 4.34. The Hall–Kier alpha value is -2.68. The van der Waals surface area contributed by atoms with E-state index in [1.165, 1.54) is 25.1 Å². The summed E-state index contributed by atoms with van der Waals surface area (Å²) in [7, 11) is -4.04. The molecule has 9 heteroatoms. The van der Waals surface area contributed by atoms with Crippen molar-refractivity contribution in [3.63, 3.8) is 0 Å². The second kappa shape index (κ2) is 6.32. The van der Waals surface area contributed by atoms with E-state index in [0.29, 0.717) is 16.5 Å². The minimum Gasteiger partial charge on any atom is -0.359 e. The second-order valence-corrected chi connectivity index (χ2v) is 7.42. The minimum absolute atomic E-state index is 0.0607. The Balaban J connectivity index is 1.75. The average Bonchev–Trinajstić information content (AvgIpc) is 3.14. The number of carbonyl (C=O) groups is 2. The predicted octanol–water partition coefficient (Wildman–Crippen LogP) is 1.09. The standard InChI is InChI=1S/C16H17N3O5S/c1-3-11-8-12(24-18-11)9-17-15(20)10(2)19-16(21)13-6-4-5-7-14(13)25(19,22)23/h4-8,10H,3,9H2,1-2H3,(H,17,20)/t10-/m0/s1. The van der Waals surface area contributed by atoms with Gasteiger partial charge in [-0.1, -0.05) is 24.2 Å². The number of hydrogen-bond acceptors (Lipinski definition) is 6. The average molecular weight is 363 g/mol. The summed E-state index contributed by atoms with van der Waals surface area (Å²) < 4.78 is 30.8. The zero-order valence-corrected chi connectivity index (χ0v) is 14.5. The number of rotatable bonds is 5. The fourth-order valence-corrected chi connectivity index (χ4v) is 4.34. The van der Waals surface area contributed by atoms with Crippen LogP contribution in [0.25, 0.3) is 0 Å². The number of hydrogen-bond donors (Lipinski definition) is 1. The zero-order valence-electron chi connectivity index (χ0n) is 13.7. The molecule has 132 valence electrons. The summed E-state index contributed by atoms with van der Waals surface area (Å²) >= 11 is 0. The van der Waals surface area contributed by atoms with Gasteiger partial charge in [0, 0.05) is 6.07 Å². The normalized spacial score (nSPS) is 16.6. The van der Waals surface area contributed by atoms with Gasteiger partial charge in [-0.25, -0.2) is 12.7 Å². The molecule has 1 aliphatic rings. The van der Waals surface area contributed by atoms with Crippen LogP contribution in [0.3, 0.4) is 0 Å². The van der Waals surface area contributed by atoms with Crippen LogP contribution in [0.1, 0.15) is 35.7 Å². The van der Waals surface area contributed by atoms with E-state index in [0.717, 1.165) is 5.69 Å². The molecule has 8 nitrogen and oxygen atoms in total. The maximum absolute atomic E-state index is 12.6. The van der Waals surface area contributed by atoms with Crippen molar-refractivity contribution in [2.24, 2.45) is 0 Å². The first-order valence-corrected chi connectivity index (χ1v) is 9.20. The number of fused-ring (bicyclic) bond motifs is 1. The van der Waals surface area contributed by atoms with E-state index in [2.05, 4.69) is 10.5 Å². The number of aryl methyl sites for hydroxylation is 1. The lowest BCUT2D eigenvalue weighted by atomic mass is 10.2. The smallest absolute Gasteiger partial charge is 0.269 e. The van der Waals surface area contributed by atoms with E-state index >= 15 is 0 Å². The van der Waals surface area contributed by atoms with Crippen LogP contribution in [-0.4, -0.2) is 35.7 Å². The SMILES string of the molecule is CCc1cc(CNC(=O)[C@H](C)N2C(=O)c3ccccc3S2(=O)=O)on1. The molecule has 0 aliphatic carbocycles. The predicted molar refractivity (Wildman–Crippen MR) is 87.0 cm³/mol. The van der Waals surface area contributed by atoms with E-state index in [1.54, 1.807) is 12.1 Å². The van der Waals surface area contributed by atoms with Gasteiger partial charge in [-0.15, -0.1) is 0 Å². The quantitative estimate of drug-likeness (QED) is 0.851. The molecule has 1 N–H and O–H groups in total. The molecule has 1 aromatic heterocycles. The molecule has 0 radical (unpaired) electrons. The maximum atomic E-state index is 12.6. The van der Waals surface area contributed by atoms with Crippen molar-refractivity contribution in [3.05, 3.63) is 47.3 Å². The van der Waals surface area contributed by atoms with Crippen LogP contribution in [0.15, 0.2) is 39.8 Å². The van der Waals surface area contributed by atoms with Crippen LogP contribution in [0.5, 0.6) is 0 Å². The third kappa shape index (κ3) is 2.91. The highest BCUT2D eigenvalue weighted by molar-refractivity contribution is 7.90. The van der Waals surface area contributed by atoms with Crippen molar-refractivity contribution in [3.8, 4) is 0 Å². The lowest BCUT2D eigenvalue weighted by molar-refractivity contribution is -0.124. The lowest BCUT2D eigenvalue weighted by Crippen LogP contribution is -2.47. The van der Waals surface area contributed by atoms with Gasteiger partial charge in [-0.3, -0.25) is 9.59 Å². The minimum atomic E-state index is -4.04. The number of carbonyl (C=O) groups excluding carboxylic acids is 2. The fourth-order valence-electron chi connectivity index (χ4n) is 2.62. The summed E-state index contributed by atoms with van der Waals surface area (Å²) in [4.78, 5) is 24.7. The Morgan fingerprint density at radius 1 is 1.36 bits per heavy atom. The van der Waals surface area contributed by atoms with Gasteiger partial charge >= 0.3 is 0 Å². The lowest BCUT2D eigenvalue weighted by Gasteiger charge is -2.22. The third-order valence-electron chi connectivity index (χ3n) is 3.99. The first-order chi connectivity index (χ1) is 11.9. The largest absolute Gasteiger partial charge is 0.359 e. The van der Waals surface area contributed by atoms with Gasteiger partial charge in [0.2, 0.25) is 5.91 Å². The second-order valence-electron chi connectivity index (χ2n) is 5.63. The van der Waals surface area contributed by atoms with Crippen molar-refractivity contribution < 1.29 is 22.5 Å². The summed E-state index contributed by atoms with van der Waals surface area (Å²) in [6.07, 6.45) is 0.701.